The first kappa shape index (κ1) is 8.46. The lowest BCUT2D eigenvalue weighted by atomic mass is 10.3. The molecule has 11 heavy (non-hydrogen) atoms. The van der Waals surface area contributed by atoms with Crippen LogP contribution in [0.3, 0.4) is 0 Å². The summed E-state index contributed by atoms with van der Waals surface area (Å²) in [5, 5.41) is 0.447. The second kappa shape index (κ2) is 3.67. The SMILES string of the molecule is COc1cnc(F)c(CBr)c1. The highest BCUT2D eigenvalue weighted by molar-refractivity contribution is 9.08. The zero-order chi connectivity index (χ0) is 8.27. The van der Waals surface area contributed by atoms with Crippen LogP contribution < -0.4 is 4.74 Å². The Kier molecular flexibility index (Phi) is 2.82. The van der Waals surface area contributed by atoms with Gasteiger partial charge in [0.05, 0.1) is 13.3 Å². The molecule has 0 amide bonds. The van der Waals surface area contributed by atoms with Crippen LogP contribution in [-0.2, 0) is 5.33 Å². The molecule has 0 aliphatic rings. The van der Waals surface area contributed by atoms with Gasteiger partial charge in [0.1, 0.15) is 5.75 Å². The third-order valence-corrected chi connectivity index (χ3v) is 1.87. The number of hydrogen-bond donors (Lipinski definition) is 0. The molecule has 0 bridgehead atoms. The molecule has 1 rings (SSSR count). The quantitative estimate of drug-likeness (QED) is 0.562. The van der Waals surface area contributed by atoms with Gasteiger partial charge >= 0.3 is 0 Å². The van der Waals surface area contributed by atoms with Crippen LogP contribution in [0.4, 0.5) is 4.39 Å². The third kappa shape index (κ3) is 1.89. The molecule has 0 aliphatic carbocycles. The summed E-state index contributed by atoms with van der Waals surface area (Å²) in [5.74, 6) is 0.114. The van der Waals surface area contributed by atoms with Crippen LogP contribution >= 0.6 is 15.9 Å². The van der Waals surface area contributed by atoms with E-state index in [9.17, 15) is 4.39 Å². The van der Waals surface area contributed by atoms with Gasteiger partial charge in [-0.05, 0) is 6.07 Å². The Morgan fingerprint density at radius 3 is 3.00 bits per heavy atom. The van der Waals surface area contributed by atoms with Crippen molar-refractivity contribution in [2.75, 3.05) is 7.11 Å². The van der Waals surface area contributed by atoms with E-state index < -0.39 is 5.95 Å². The summed E-state index contributed by atoms with van der Waals surface area (Å²) >= 11 is 3.14. The molecule has 1 heterocycles. The van der Waals surface area contributed by atoms with E-state index in [1.165, 1.54) is 13.3 Å². The lowest BCUT2D eigenvalue weighted by molar-refractivity contribution is 0.409. The van der Waals surface area contributed by atoms with Crippen molar-refractivity contribution in [1.82, 2.24) is 4.98 Å². The van der Waals surface area contributed by atoms with Crippen molar-refractivity contribution in [3.63, 3.8) is 0 Å². The Hall–Kier alpha value is -0.640. The molecule has 2 nitrogen and oxygen atoms in total. The number of hydrogen-bond acceptors (Lipinski definition) is 2. The first-order valence-electron chi connectivity index (χ1n) is 3.02. The standard InChI is InChI=1S/C7H7BrFNO/c1-11-6-2-5(3-8)7(9)10-4-6/h2,4H,3H2,1H3. The molecule has 1 aromatic rings. The molecule has 0 radical (unpaired) electrons. The van der Waals surface area contributed by atoms with E-state index in [-0.39, 0.29) is 0 Å². The molecule has 4 heteroatoms. The smallest absolute Gasteiger partial charge is 0.217 e. The van der Waals surface area contributed by atoms with Crippen molar-refractivity contribution in [1.29, 1.82) is 0 Å². The molecule has 0 fully saturated rings. The number of ether oxygens (including phenoxy) is 1. The molecular formula is C7H7BrFNO. The normalized spacial score (nSPS) is 9.73. The average molecular weight is 220 g/mol. The first-order valence-corrected chi connectivity index (χ1v) is 4.14. The van der Waals surface area contributed by atoms with Gasteiger partial charge in [0.15, 0.2) is 0 Å². The number of halogens is 2. The van der Waals surface area contributed by atoms with E-state index in [0.29, 0.717) is 16.6 Å². The van der Waals surface area contributed by atoms with E-state index in [1.807, 2.05) is 0 Å². The fraction of sp³-hybridized carbons (Fsp3) is 0.286. The van der Waals surface area contributed by atoms with Crippen molar-refractivity contribution < 1.29 is 9.13 Å². The second-order valence-electron chi connectivity index (χ2n) is 1.96. The van der Waals surface area contributed by atoms with Crippen molar-refractivity contribution in [3.05, 3.63) is 23.8 Å². The van der Waals surface area contributed by atoms with Crippen LogP contribution in [0.5, 0.6) is 5.75 Å². The maximum atomic E-state index is 12.7. The minimum atomic E-state index is -0.456. The summed E-state index contributed by atoms with van der Waals surface area (Å²) in [7, 11) is 1.52. The summed E-state index contributed by atoms with van der Waals surface area (Å²) in [6.45, 7) is 0. The van der Waals surface area contributed by atoms with Crippen LogP contribution in [0.25, 0.3) is 0 Å². The molecule has 60 valence electrons. The van der Waals surface area contributed by atoms with Crippen LogP contribution in [0, 0.1) is 5.95 Å². The molecule has 0 atom stereocenters. The fourth-order valence-corrected chi connectivity index (χ4v) is 1.07. The molecule has 0 saturated carbocycles. The van der Waals surface area contributed by atoms with Gasteiger partial charge in [-0.3, -0.25) is 0 Å². The molecule has 0 spiro atoms. The zero-order valence-corrected chi connectivity index (χ0v) is 7.56. The van der Waals surface area contributed by atoms with E-state index in [1.54, 1.807) is 6.07 Å². The molecule has 0 unspecified atom stereocenters. The summed E-state index contributed by atoms with van der Waals surface area (Å²) in [6, 6.07) is 1.61. The Morgan fingerprint density at radius 1 is 1.73 bits per heavy atom. The molecular weight excluding hydrogens is 213 g/mol. The predicted octanol–water partition coefficient (Wildman–Crippen LogP) is 2.12. The topological polar surface area (TPSA) is 22.1 Å². The molecule has 0 saturated heterocycles. The van der Waals surface area contributed by atoms with Crippen LogP contribution in [0.1, 0.15) is 5.56 Å². The van der Waals surface area contributed by atoms with E-state index >= 15 is 0 Å². The highest BCUT2D eigenvalue weighted by Crippen LogP contribution is 2.15. The van der Waals surface area contributed by atoms with E-state index in [2.05, 4.69) is 20.9 Å². The maximum absolute atomic E-state index is 12.7. The maximum Gasteiger partial charge on any atom is 0.217 e. The Morgan fingerprint density at radius 2 is 2.45 bits per heavy atom. The summed E-state index contributed by atoms with van der Waals surface area (Å²) in [4.78, 5) is 3.50. The highest BCUT2D eigenvalue weighted by atomic mass is 79.9. The number of pyridine rings is 1. The second-order valence-corrected chi connectivity index (χ2v) is 2.52. The molecule has 0 aliphatic heterocycles. The van der Waals surface area contributed by atoms with Crippen LogP contribution in [-0.4, -0.2) is 12.1 Å². The van der Waals surface area contributed by atoms with Gasteiger partial charge in [-0.1, -0.05) is 15.9 Å². The Bertz CT molecular complexity index is 254. The van der Waals surface area contributed by atoms with Crippen LogP contribution in [0.15, 0.2) is 12.3 Å². The van der Waals surface area contributed by atoms with Gasteiger partial charge in [0, 0.05) is 10.9 Å². The van der Waals surface area contributed by atoms with E-state index in [0.717, 1.165) is 0 Å². The summed E-state index contributed by atoms with van der Waals surface area (Å²) in [5.41, 5.74) is 0.504. The van der Waals surface area contributed by atoms with Crippen molar-refractivity contribution in [3.8, 4) is 5.75 Å². The summed E-state index contributed by atoms with van der Waals surface area (Å²) in [6.07, 6.45) is 1.35. The number of alkyl halides is 1. The van der Waals surface area contributed by atoms with Gasteiger partial charge in [-0.25, -0.2) is 4.98 Å². The van der Waals surface area contributed by atoms with E-state index in [4.69, 9.17) is 4.74 Å². The molecule has 0 aromatic carbocycles. The Balaban J connectivity index is 3.02. The minimum Gasteiger partial charge on any atom is -0.495 e. The largest absolute Gasteiger partial charge is 0.495 e. The van der Waals surface area contributed by atoms with Gasteiger partial charge in [-0.15, -0.1) is 0 Å². The predicted molar refractivity (Wildman–Crippen MR) is 43.4 cm³/mol. The number of methoxy groups -OCH3 is 1. The van der Waals surface area contributed by atoms with Crippen molar-refractivity contribution >= 4 is 15.9 Å². The number of aromatic nitrogens is 1. The minimum absolute atomic E-state index is 0.447. The van der Waals surface area contributed by atoms with Crippen molar-refractivity contribution in [2.45, 2.75) is 5.33 Å². The average Bonchev–Trinajstić information content (AvgIpc) is 2.05. The molecule has 1 aromatic heterocycles. The zero-order valence-electron chi connectivity index (χ0n) is 5.97. The third-order valence-electron chi connectivity index (χ3n) is 1.27. The molecule has 0 N–H and O–H groups in total. The highest BCUT2D eigenvalue weighted by Gasteiger charge is 2.02. The first-order chi connectivity index (χ1) is 5.27. The van der Waals surface area contributed by atoms with Gasteiger partial charge in [0.25, 0.3) is 0 Å². The Labute approximate surface area is 72.5 Å². The van der Waals surface area contributed by atoms with Gasteiger partial charge < -0.3 is 4.74 Å². The summed E-state index contributed by atoms with van der Waals surface area (Å²) < 4.78 is 17.6. The van der Waals surface area contributed by atoms with Gasteiger partial charge in [-0.2, -0.15) is 4.39 Å². The van der Waals surface area contributed by atoms with Crippen molar-refractivity contribution in [2.24, 2.45) is 0 Å². The van der Waals surface area contributed by atoms with Crippen LogP contribution in [0.2, 0.25) is 0 Å². The number of nitrogens with zero attached hydrogens (tertiary/aromatic N) is 1. The number of rotatable bonds is 2. The monoisotopic (exact) mass is 219 g/mol. The lowest BCUT2D eigenvalue weighted by Gasteiger charge is -2.01. The lowest BCUT2D eigenvalue weighted by Crippen LogP contribution is -1.92. The van der Waals surface area contributed by atoms with Gasteiger partial charge in [0.2, 0.25) is 5.95 Å². The fourth-order valence-electron chi connectivity index (χ4n) is 0.677.